The van der Waals surface area contributed by atoms with Crippen LogP contribution >= 0.6 is 11.6 Å². The highest BCUT2D eigenvalue weighted by Crippen LogP contribution is 2.58. The lowest BCUT2D eigenvalue weighted by atomic mass is 9.89. The first kappa shape index (κ1) is 13.4. The van der Waals surface area contributed by atoms with E-state index in [9.17, 15) is 5.11 Å². The van der Waals surface area contributed by atoms with Gasteiger partial charge in [0.1, 0.15) is 0 Å². The van der Waals surface area contributed by atoms with Crippen molar-refractivity contribution in [3.05, 3.63) is 34.9 Å². The van der Waals surface area contributed by atoms with Crippen LogP contribution in [0.15, 0.2) is 24.3 Å². The molecule has 2 aliphatic carbocycles. The minimum Gasteiger partial charge on any atom is -0.392 e. The topological polar surface area (TPSA) is 46.2 Å². The molecule has 4 unspecified atom stereocenters. The van der Waals surface area contributed by atoms with Crippen molar-refractivity contribution in [3.63, 3.8) is 0 Å². The third kappa shape index (κ3) is 2.42. The molecular weight excluding hydrogens is 258 g/mol. The molecule has 104 valence electrons. The van der Waals surface area contributed by atoms with Crippen molar-refractivity contribution in [1.29, 1.82) is 0 Å². The molecule has 0 aliphatic heterocycles. The molecule has 0 radical (unpaired) electrons. The lowest BCUT2D eigenvalue weighted by Gasteiger charge is -2.23. The van der Waals surface area contributed by atoms with Gasteiger partial charge in [-0.3, -0.25) is 0 Å². The Kier molecular flexibility index (Phi) is 3.84. The predicted octanol–water partition coefficient (Wildman–Crippen LogP) is 3.18. The minimum absolute atomic E-state index is 0.0238. The minimum atomic E-state index is -0.335. The Balaban J connectivity index is 1.77. The van der Waals surface area contributed by atoms with Gasteiger partial charge in [-0.25, -0.2) is 0 Å². The zero-order valence-corrected chi connectivity index (χ0v) is 11.9. The number of benzene rings is 1. The Bertz CT molecular complexity index is 438. The molecule has 0 spiro atoms. The first-order chi connectivity index (χ1) is 9.24. The van der Waals surface area contributed by atoms with Crippen LogP contribution in [0, 0.1) is 17.8 Å². The summed E-state index contributed by atoms with van der Waals surface area (Å²) in [5.74, 6) is 1.90. The Morgan fingerprint density at radius 3 is 2.42 bits per heavy atom. The van der Waals surface area contributed by atoms with Crippen LogP contribution in [0.4, 0.5) is 0 Å². The summed E-state index contributed by atoms with van der Waals surface area (Å²) in [4.78, 5) is 0. The second-order valence-corrected chi connectivity index (χ2v) is 6.45. The van der Waals surface area contributed by atoms with E-state index >= 15 is 0 Å². The highest BCUT2D eigenvalue weighted by atomic mass is 35.5. The van der Waals surface area contributed by atoms with E-state index in [-0.39, 0.29) is 12.0 Å². The van der Waals surface area contributed by atoms with Gasteiger partial charge in [-0.1, -0.05) is 42.6 Å². The average Bonchev–Trinajstić information content (AvgIpc) is 3.16. The van der Waals surface area contributed by atoms with Gasteiger partial charge in [0.25, 0.3) is 0 Å². The van der Waals surface area contributed by atoms with Crippen molar-refractivity contribution in [3.8, 4) is 0 Å². The number of fused-ring (bicyclic) bond motifs is 1. The van der Waals surface area contributed by atoms with Crippen molar-refractivity contribution in [2.75, 3.05) is 6.54 Å². The second-order valence-electron chi connectivity index (χ2n) is 6.04. The molecule has 0 aromatic heterocycles. The number of hydrogen-bond acceptors (Lipinski definition) is 2. The molecule has 3 rings (SSSR count). The quantitative estimate of drug-likeness (QED) is 0.889. The van der Waals surface area contributed by atoms with Crippen LogP contribution in [-0.4, -0.2) is 17.8 Å². The second kappa shape index (κ2) is 5.43. The molecule has 2 nitrogen and oxygen atoms in total. The molecule has 2 saturated carbocycles. The number of halogens is 1. The highest BCUT2D eigenvalue weighted by molar-refractivity contribution is 6.31. The van der Waals surface area contributed by atoms with Crippen LogP contribution in [0.1, 0.15) is 37.2 Å². The molecule has 0 saturated heterocycles. The zero-order chi connectivity index (χ0) is 13.4. The summed E-state index contributed by atoms with van der Waals surface area (Å²) < 4.78 is 0. The van der Waals surface area contributed by atoms with Crippen LogP contribution in [0.5, 0.6) is 0 Å². The molecule has 2 aliphatic rings. The third-order valence-electron chi connectivity index (χ3n) is 5.09. The van der Waals surface area contributed by atoms with Crippen LogP contribution in [0.2, 0.25) is 5.02 Å². The number of aliphatic hydroxyl groups is 1. The predicted molar refractivity (Wildman–Crippen MR) is 78.2 cm³/mol. The van der Waals surface area contributed by atoms with E-state index in [1.54, 1.807) is 0 Å². The molecular formula is C16H22ClNO. The summed E-state index contributed by atoms with van der Waals surface area (Å²) in [5, 5.41) is 11.4. The number of rotatable bonds is 4. The molecule has 1 aromatic carbocycles. The molecule has 4 atom stereocenters. The van der Waals surface area contributed by atoms with Crippen LogP contribution in [-0.2, 0) is 0 Å². The van der Waals surface area contributed by atoms with Crippen molar-refractivity contribution < 1.29 is 5.11 Å². The molecule has 2 fully saturated rings. The van der Waals surface area contributed by atoms with Gasteiger partial charge in [0.2, 0.25) is 0 Å². The maximum Gasteiger partial charge on any atom is 0.0655 e. The molecule has 3 N–H and O–H groups in total. The molecule has 0 amide bonds. The third-order valence-corrected chi connectivity index (χ3v) is 5.43. The lowest BCUT2D eigenvalue weighted by Crippen LogP contribution is -2.28. The first-order valence-corrected chi connectivity index (χ1v) is 7.74. The van der Waals surface area contributed by atoms with Gasteiger partial charge in [0, 0.05) is 17.5 Å². The molecule has 1 aromatic rings. The van der Waals surface area contributed by atoms with Gasteiger partial charge in [-0.2, -0.15) is 0 Å². The van der Waals surface area contributed by atoms with E-state index in [4.69, 9.17) is 17.3 Å². The maximum atomic E-state index is 10.7. The standard InChI is InChI=1S/C16H22ClNO/c17-14-8-4-3-5-10(14)13(9-18)16(19)15-11-6-1-2-7-12(11)15/h3-5,8,11-13,15-16,19H,1-2,6-7,9,18H2. The van der Waals surface area contributed by atoms with Gasteiger partial charge in [0.05, 0.1) is 6.10 Å². The summed E-state index contributed by atoms with van der Waals surface area (Å²) in [6.07, 6.45) is 4.88. The summed E-state index contributed by atoms with van der Waals surface area (Å²) in [6, 6.07) is 7.76. The van der Waals surface area contributed by atoms with Gasteiger partial charge in [0.15, 0.2) is 0 Å². The monoisotopic (exact) mass is 279 g/mol. The first-order valence-electron chi connectivity index (χ1n) is 7.36. The molecule has 3 heteroatoms. The Morgan fingerprint density at radius 2 is 1.84 bits per heavy atom. The number of hydrogen-bond donors (Lipinski definition) is 2. The van der Waals surface area contributed by atoms with E-state index in [0.717, 1.165) is 22.4 Å². The van der Waals surface area contributed by atoms with Crippen LogP contribution in [0.25, 0.3) is 0 Å². The smallest absolute Gasteiger partial charge is 0.0655 e. The summed E-state index contributed by atoms with van der Waals surface area (Å²) >= 11 is 6.25. The van der Waals surface area contributed by atoms with E-state index in [2.05, 4.69) is 0 Å². The van der Waals surface area contributed by atoms with Gasteiger partial charge >= 0.3 is 0 Å². The van der Waals surface area contributed by atoms with E-state index in [1.165, 1.54) is 25.7 Å². The normalized spacial score (nSPS) is 32.5. The fourth-order valence-electron chi connectivity index (χ4n) is 4.05. The zero-order valence-electron chi connectivity index (χ0n) is 11.1. The number of nitrogens with two attached hydrogens (primary N) is 1. The van der Waals surface area contributed by atoms with Crippen molar-refractivity contribution in [1.82, 2.24) is 0 Å². The van der Waals surface area contributed by atoms with Gasteiger partial charge in [-0.05, 0) is 42.2 Å². The van der Waals surface area contributed by atoms with Crippen LogP contribution < -0.4 is 5.73 Å². The van der Waals surface area contributed by atoms with Crippen molar-refractivity contribution in [2.24, 2.45) is 23.5 Å². The van der Waals surface area contributed by atoms with Gasteiger partial charge in [-0.15, -0.1) is 0 Å². The largest absolute Gasteiger partial charge is 0.392 e. The maximum absolute atomic E-state index is 10.7. The van der Waals surface area contributed by atoms with E-state index in [0.29, 0.717) is 12.5 Å². The SMILES string of the molecule is NCC(c1ccccc1Cl)C(O)C1C2CCCCC21. The van der Waals surface area contributed by atoms with Crippen molar-refractivity contribution in [2.45, 2.75) is 37.7 Å². The summed E-state index contributed by atoms with van der Waals surface area (Å²) in [6.45, 7) is 0.459. The van der Waals surface area contributed by atoms with Crippen molar-refractivity contribution >= 4 is 11.6 Å². The Morgan fingerprint density at radius 1 is 1.21 bits per heavy atom. The fourth-order valence-corrected chi connectivity index (χ4v) is 4.32. The molecule has 19 heavy (non-hydrogen) atoms. The Labute approximate surface area is 120 Å². The van der Waals surface area contributed by atoms with Crippen LogP contribution in [0.3, 0.4) is 0 Å². The molecule has 0 bridgehead atoms. The average molecular weight is 280 g/mol. The summed E-state index contributed by atoms with van der Waals surface area (Å²) in [7, 11) is 0. The number of aliphatic hydroxyl groups excluding tert-OH is 1. The highest BCUT2D eigenvalue weighted by Gasteiger charge is 2.55. The Hall–Kier alpha value is -0.570. The van der Waals surface area contributed by atoms with Gasteiger partial charge < -0.3 is 10.8 Å². The van der Waals surface area contributed by atoms with E-state index in [1.807, 2.05) is 24.3 Å². The lowest BCUT2D eigenvalue weighted by molar-refractivity contribution is 0.112. The fraction of sp³-hybridized carbons (Fsp3) is 0.625. The van der Waals surface area contributed by atoms with E-state index < -0.39 is 0 Å². The molecule has 0 heterocycles. The summed E-state index contributed by atoms with van der Waals surface area (Å²) in [5.41, 5.74) is 6.91.